The highest BCUT2D eigenvalue weighted by Gasteiger charge is 2.34. The Morgan fingerprint density at radius 3 is 2.43 bits per heavy atom. The van der Waals surface area contributed by atoms with Gasteiger partial charge in [0, 0.05) is 11.6 Å². The Balaban J connectivity index is 1.71. The first kappa shape index (κ1) is 22.1. The molecular formula is C24H31NO5. The fourth-order valence-electron chi connectivity index (χ4n) is 4.32. The first-order valence-electron chi connectivity index (χ1n) is 10.9. The van der Waals surface area contributed by atoms with Gasteiger partial charge in [-0.2, -0.15) is 0 Å². The van der Waals surface area contributed by atoms with Crippen molar-refractivity contribution < 1.29 is 23.9 Å². The molecule has 2 aliphatic rings. The fourth-order valence-corrected chi connectivity index (χ4v) is 4.32. The Kier molecular flexibility index (Phi) is 8.05. The summed E-state index contributed by atoms with van der Waals surface area (Å²) in [5, 5.41) is 2.95. The molecular weight excluding hydrogens is 382 g/mol. The van der Waals surface area contributed by atoms with Crippen LogP contribution in [0.1, 0.15) is 73.7 Å². The van der Waals surface area contributed by atoms with E-state index in [1.54, 1.807) is 30.3 Å². The lowest BCUT2D eigenvalue weighted by molar-refractivity contribution is -0.153. The zero-order valence-electron chi connectivity index (χ0n) is 17.6. The number of nitrogens with one attached hydrogen (secondary N) is 1. The summed E-state index contributed by atoms with van der Waals surface area (Å²) < 4.78 is 10.3. The Hall–Kier alpha value is -2.63. The van der Waals surface area contributed by atoms with Gasteiger partial charge in [-0.05, 0) is 68.2 Å². The van der Waals surface area contributed by atoms with Gasteiger partial charge in [0.05, 0.1) is 7.11 Å². The number of benzene rings is 1. The van der Waals surface area contributed by atoms with Gasteiger partial charge in [-0.15, -0.1) is 0 Å². The molecule has 2 fully saturated rings. The van der Waals surface area contributed by atoms with Crippen molar-refractivity contribution in [3.8, 4) is 0 Å². The van der Waals surface area contributed by atoms with Gasteiger partial charge in [0.1, 0.15) is 12.1 Å². The van der Waals surface area contributed by atoms with Crippen molar-refractivity contribution in [2.24, 2.45) is 5.92 Å². The minimum absolute atomic E-state index is 0.0210. The molecule has 0 radical (unpaired) electrons. The molecule has 0 aromatic heterocycles. The van der Waals surface area contributed by atoms with E-state index in [9.17, 15) is 14.4 Å². The number of amides is 1. The molecule has 0 aliphatic heterocycles. The normalized spacial score (nSPS) is 18.8. The molecule has 1 amide bonds. The maximum absolute atomic E-state index is 13.0. The van der Waals surface area contributed by atoms with Crippen molar-refractivity contribution in [1.82, 2.24) is 5.32 Å². The molecule has 3 rings (SSSR count). The number of esters is 2. The molecule has 6 heteroatoms. The number of carbonyl (C=O) groups excluding carboxylic acids is 3. The zero-order chi connectivity index (χ0) is 21.3. The predicted molar refractivity (Wildman–Crippen MR) is 114 cm³/mol. The van der Waals surface area contributed by atoms with Gasteiger partial charge in [-0.3, -0.25) is 4.79 Å². The fraction of sp³-hybridized carbons (Fsp3) is 0.542. The summed E-state index contributed by atoms with van der Waals surface area (Å²) in [5.41, 5.74) is 1.15. The number of methoxy groups -OCH3 is 1. The van der Waals surface area contributed by atoms with Gasteiger partial charge >= 0.3 is 11.9 Å². The largest absolute Gasteiger partial charge is 0.466 e. The van der Waals surface area contributed by atoms with E-state index in [1.165, 1.54) is 19.6 Å². The monoisotopic (exact) mass is 413 g/mol. The van der Waals surface area contributed by atoms with E-state index in [0.717, 1.165) is 51.4 Å². The Morgan fingerprint density at radius 1 is 1.03 bits per heavy atom. The Labute approximate surface area is 178 Å². The Morgan fingerprint density at radius 2 is 1.73 bits per heavy atom. The van der Waals surface area contributed by atoms with Crippen molar-refractivity contribution in [3.63, 3.8) is 0 Å². The average Bonchev–Trinajstić information content (AvgIpc) is 3.29. The molecule has 1 atom stereocenters. The van der Waals surface area contributed by atoms with Crippen LogP contribution in [-0.4, -0.2) is 37.1 Å². The molecule has 1 aromatic carbocycles. The second-order valence-electron chi connectivity index (χ2n) is 8.17. The van der Waals surface area contributed by atoms with Crippen LogP contribution in [-0.2, 0) is 19.1 Å². The van der Waals surface area contributed by atoms with Crippen LogP contribution >= 0.6 is 0 Å². The van der Waals surface area contributed by atoms with E-state index in [2.05, 4.69) is 10.1 Å². The molecule has 30 heavy (non-hydrogen) atoms. The third kappa shape index (κ3) is 6.18. The smallest absolute Gasteiger partial charge is 0.330 e. The van der Waals surface area contributed by atoms with Gasteiger partial charge in [0.25, 0.3) is 5.91 Å². The number of rotatable bonds is 7. The molecule has 0 unspecified atom stereocenters. The van der Waals surface area contributed by atoms with Crippen LogP contribution in [0, 0.1) is 5.92 Å². The van der Waals surface area contributed by atoms with Gasteiger partial charge in [0.2, 0.25) is 0 Å². The minimum Gasteiger partial charge on any atom is -0.466 e. The lowest BCUT2D eigenvalue weighted by Gasteiger charge is -2.30. The number of ether oxygens (including phenoxy) is 2. The summed E-state index contributed by atoms with van der Waals surface area (Å²) >= 11 is 0. The SMILES string of the molecule is COC(=O)C=Cc1cccc(C(=O)N[C@H](C(=O)OC2CCCC2)C2CCCCC2)c1. The number of carbonyl (C=O) groups is 3. The third-order valence-corrected chi connectivity index (χ3v) is 6.01. The zero-order valence-corrected chi connectivity index (χ0v) is 17.6. The van der Waals surface area contributed by atoms with Crippen LogP contribution in [0.15, 0.2) is 30.3 Å². The van der Waals surface area contributed by atoms with Crippen LogP contribution in [0.5, 0.6) is 0 Å². The average molecular weight is 414 g/mol. The van der Waals surface area contributed by atoms with E-state index < -0.39 is 12.0 Å². The summed E-state index contributed by atoms with van der Waals surface area (Å²) in [6.07, 6.45) is 12.0. The van der Waals surface area contributed by atoms with E-state index in [0.29, 0.717) is 11.1 Å². The topological polar surface area (TPSA) is 81.7 Å². The van der Waals surface area contributed by atoms with Gasteiger partial charge in [0.15, 0.2) is 0 Å². The van der Waals surface area contributed by atoms with Crippen LogP contribution in [0.25, 0.3) is 6.08 Å². The maximum atomic E-state index is 13.0. The van der Waals surface area contributed by atoms with E-state index >= 15 is 0 Å². The molecule has 2 saturated carbocycles. The summed E-state index contributed by atoms with van der Waals surface area (Å²) in [7, 11) is 1.31. The third-order valence-electron chi connectivity index (χ3n) is 6.01. The molecule has 6 nitrogen and oxygen atoms in total. The summed E-state index contributed by atoms with van der Waals surface area (Å²) in [5.74, 6) is -0.956. The minimum atomic E-state index is -0.618. The van der Waals surface area contributed by atoms with Crippen LogP contribution in [0.2, 0.25) is 0 Å². The summed E-state index contributed by atoms with van der Waals surface area (Å²) in [6.45, 7) is 0. The second-order valence-corrected chi connectivity index (χ2v) is 8.17. The number of hydrogen-bond acceptors (Lipinski definition) is 5. The summed E-state index contributed by atoms with van der Waals surface area (Å²) in [4.78, 5) is 37.2. The Bertz CT molecular complexity index is 776. The van der Waals surface area contributed by atoms with E-state index in [4.69, 9.17) is 4.74 Å². The first-order chi connectivity index (χ1) is 14.6. The lowest BCUT2D eigenvalue weighted by Crippen LogP contribution is -2.48. The molecule has 0 heterocycles. The molecule has 1 N–H and O–H groups in total. The molecule has 0 bridgehead atoms. The highest BCUT2D eigenvalue weighted by molar-refractivity contribution is 5.97. The lowest BCUT2D eigenvalue weighted by atomic mass is 9.83. The van der Waals surface area contributed by atoms with Crippen LogP contribution in [0.3, 0.4) is 0 Å². The van der Waals surface area contributed by atoms with E-state index in [-0.39, 0.29) is 23.9 Å². The molecule has 0 saturated heterocycles. The van der Waals surface area contributed by atoms with Crippen molar-refractivity contribution in [2.45, 2.75) is 69.9 Å². The first-order valence-corrected chi connectivity index (χ1v) is 10.9. The summed E-state index contributed by atoms with van der Waals surface area (Å²) in [6, 6.07) is 6.31. The van der Waals surface area contributed by atoms with Gasteiger partial charge < -0.3 is 14.8 Å². The maximum Gasteiger partial charge on any atom is 0.330 e. The number of hydrogen-bond donors (Lipinski definition) is 1. The standard InChI is InChI=1S/C24H31NO5/c1-29-21(26)15-14-17-8-7-11-19(16-17)23(27)25-22(18-9-3-2-4-10-18)24(28)30-20-12-5-6-13-20/h7-8,11,14-16,18,20,22H,2-6,9-10,12-13H2,1H3,(H,25,27)/t22-/m0/s1. The molecule has 0 spiro atoms. The van der Waals surface area contributed by atoms with Crippen molar-refractivity contribution in [3.05, 3.63) is 41.5 Å². The predicted octanol–water partition coefficient (Wildman–Crippen LogP) is 4.04. The van der Waals surface area contributed by atoms with Gasteiger partial charge in [-0.1, -0.05) is 31.4 Å². The quantitative estimate of drug-likeness (QED) is 0.539. The highest BCUT2D eigenvalue weighted by atomic mass is 16.5. The highest BCUT2D eigenvalue weighted by Crippen LogP contribution is 2.29. The van der Waals surface area contributed by atoms with E-state index in [1.807, 2.05) is 0 Å². The molecule has 162 valence electrons. The second kappa shape index (κ2) is 11.0. The molecule has 1 aromatic rings. The van der Waals surface area contributed by atoms with Crippen LogP contribution < -0.4 is 5.32 Å². The van der Waals surface area contributed by atoms with Gasteiger partial charge in [-0.25, -0.2) is 9.59 Å². The van der Waals surface area contributed by atoms with Crippen molar-refractivity contribution in [2.75, 3.05) is 7.11 Å². The van der Waals surface area contributed by atoms with Crippen molar-refractivity contribution in [1.29, 1.82) is 0 Å². The van der Waals surface area contributed by atoms with Crippen LogP contribution in [0.4, 0.5) is 0 Å². The molecule has 2 aliphatic carbocycles. The van der Waals surface area contributed by atoms with Crippen molar-refractivity contribution >= 4 is 23.9 Å².